The average molecular weight is 408 g/mol. The van der Waals surface area contributed by atoms with Crippen LogP contribution in [0.25, 0.3) is 0 Å². The van der Waals surface area contributed by atoms with Gasteiger partial charge in [0.2, 0.25) is 0 Å². The van der Waals surface area contributed by atoms with Gasteiger partial charge in [0, 0.05) is 5.92 Å². The molecule has 2 aromatic carbocycles. The minimum atomic E-state index is -0.900. The van der Waals surface area contributed by atoms with Crippen LogP contribution in [0.3, 0.4) is 0 Å². The number of aliphatic hydroxyl groups is 1. The lowest BCUT2D eigenvalue weighted by Crippen LogP contribution is -2.27. The molecule has 2 bridgehead atoms. The number of carbonyl (C=O) groups is 1. The Morgan fingerprint density at radius 3 is 2.57 bits per heavy atom. The first-order valence-corrected chi connectivity index (χ1v) is 10.6. The molecule has 4 rings (SSSR count). The zero-order valence-electron chi connectivity index (χ0n) is 16.9. The van der Waals surface area contributed by atoms with Crippen LogP contribution >= 0.6 is 0 Å². The summed E-state index contributed by atoms with van der Waals surface area (Å²) >= 11 is 0. The summed E-state index contributed by atoms with van der Waals surface area (Å²) in [5.41, 5.74) is 1.45. The summed E-state index contributed by atoms with van der Waals surface area (Å²) in [6.07, 6.45) is 7.84. The normalized spacial score (nSPS) is 26.2. The smallest absolute Gasteiger partial charge is 0.335 e. The van der Waals surface area contributed by atoms with E-state index in [1.165, 1.54) is 0 Å². The van der Waals surface area contributed by atoms with Gasteiger partial charge in [-0.25, -0.2) is 4.79 Å². The topological polar surface area (TPSA) is 76.0 Å². The van der Waals surface area contributed by atoms with Crippen molar-refractivity contribution in [1.82, 2.24) is 0 Å². The molecule has 0 aliphatic carbocycles. The van der Waals surface area contributed by atoms with E-state index in [9.17, 15) is 9.90 Å². The Labute approximate surface area is 177 Å². The van der Waals surface area contributed by atoms with Crippen molar-refractivity contribution in [2.75, 3.05) is 6.61 Å². The van der Waals surface area contributed by atoms with Crippen LogP contribution in [0, 0.1) is 11.8 Å². The van der Waals surface area contributed by atoms with E-state index in [0.717, 1.165) is 37.0 Å². The monoisotopic (exact) mass is 408 g/mol. The maximum atomic E-state index is 11.0. The fraction of sp³-hybridized carbons (Fsp3) is 0.400. The largest absolute Gasteiger partial charge is 0.491 e. The number of hydrogen-bond donors (Lipinski definition) is 2. The fourth-order valence-corrected chi connectivity index (χ4v) is 4.61. The number of fused-ring (bicyclic) bond motifs is 2. The predicted molar refractivity (Wildman–Crippen MR) is 114 cm³/mol. The highest BCUT2D eigenvalue weighted by molar-refractivity contribution is 5.87. The quantitative estimate of drug-likeness (QED) is 0.611. The summed E-state index contributed by atoms with van der Waals surface area (Å²) in [6, 6.07) is 16.6. The van der Waals surface area contributed by atoms with Crippen molar-refractivity contribution in [3.63, 3.8) is 0 Å². The van der Waals surface area contributed by atoms with Crippen LogP contribution in [-0.2, 0) is 11.2 Å². The molecule has 0 saturated carbocycles. The van der Waals surface area contributed by atoms with E-state index in [0.29, 0.717) is 17.4 Å². The van der Waals surface area contributed by atoms with E-state index in [-0.39, 0.29) is 18.8 Å². The van der Waals surface area contributed by atoms with E-state index >= 15 is 0 Å². The molecule has 30 heavy (non-hydrogen) atoms. The second-order valence-corrected chi connectivity index (χ2v) is 8.15. The lowest BCUT2D eigenvalue weighted by Gasteiger charge is -2.26. The molecule has 5 nitrogen and oxygen atoms in total. The summed E-state index contributed by atoms with van der Waals surface area (Å²) in [5, 5.41) is 19.3. The zero-order chi connectivity index (χ0) is 20.9. The van der Waals surface area contributed by atoms with Crippen molar-refractivity contribution in [3.05, 3.63) is 77.9 Å². The van der Waals surface area contributed by atoms with Gasteiger partial charge in [-0.1, -0.05) is 42.5 Å². The highest BCUT2D eigenvalue weighted by atomic mass is 16.5. The van der Waals surface area contributed by atoms with E-state index < -0.39 is 12.1 Å². The molecule has 0 amide bonds. The van der Waals surface area contributed by atoms with Crippen molar-refractivity contribution in [1.29, 1.82) is 0 Å². The number of rotatable bonds is 9. The van der Waals surface area contributed by atoms with Gasteiger partial charge in [-0.2, -0.15) is 0 Å². The molecule has 0 aromatic heterocycles. The van der Waals surface area contributed by atoms with Gasteiger partial charge >= 0.3 is 5.97 Å². The molecule has 5 heteroatoms. The Morgan fingerprint density at radius 1 is 1.10 bits per heavy atom. The number of aromatic carboxylic acids is 1. The summed E-state index contributed by atoms with van der Waals surface area (Å²) < 4.78 is 11.8. The third-order valence-corrected chi connectivity index (χ3v) is 6.17. The molecule has 2 N–H and O–H groups in total. The second kappa shape index (κ2) is 9.45. The maximum Gasteiger partial charge on any atom is 0.335 e. The number of carboxylic acid groups (broad SMARTS) is 1. The van der Waals surface area contributed by atoms with E-state index in [2.05, 4.69) is 6.08 Å². The minimum absolute atomic E-state index is 0.225. The molecule has 2 aromatic rings. The van der Waals surface area contributed by atoms with Gasteiger partial charge in [0.15, 0.2) is 0 Å². The van der Waals surface area contributed by atoms with Gasteiger partial charge in [0.25, 0.3) is 0 Å². The molecule has 0 radical (unpaired) electrons. The first-order chi connectivity index (χ1) is 14.6. The lowest BCUT2D eigenvalue weighted by atomic mass is 9.76. The van der Waals surface area contributed by atoms with Gasteiger partial charge in [0.1, 0.15) is 18.5 Å². The van der Waals surface area contributed by atoms with Crippen LogP contribution in [0.4, 0.5) is 0 Å². The first-order valence-electron chi connectivity index (χ1n) is 10.6. The van der Waals surface area contributed by atoms with Gasteiger partial charge in [-0.15, -0.1) is 0 Å². The number of benzene rings is 2. The Hall–Kier alpha value is -2.63. The van der Waals surface area contributed by atoms with Gasteiger partial charge in [0.05, 0.1) is 17.8 Å². The standard InChI is InChI=1S/C25H28O5/c26-19(16-29-20-4-2-1-3-5-20)11-13-22-21(23-14-15-24(22)30-23)12-8-17-6-9-18(10-7-17)25(27)28/h1-7,9-11,13,19,21-24,26H,8,12,14-16H2,(H,27,28)/b13-11+/t19?,21-,22+,23-,24+/m0/s1. The number of aryl methyl sites for hydroxylation is 1. The number of hydrogen-bond acceptors (Lipinski definition) is 4. The van der Waals surface area contributed by atoms with E-state index in [1.807, 2.05) is 48.5 Å². The zero-order valence-corrected chi connectivity index (χ0v) is 16.9. The first kappa shape index (κ1) is 20.6. The average Bonchev–Trinajstić information content (AvgIpc) is 3.37. The lowest BCUT2D eigenvalue weighted by molar-refractivity contribution is 0.0697. The third-order valence-electron chi connectivity index (χ3n) is 6.17. The SMILES string of the molecule is O=C(O)c1ccc(CC[C@H]2[C@@H](/C=C/C(O)COc3ccccc3)[C@H]3CC[C@@H]2O3)cc1. The Morgan fingerprint density at radius 2 is 1.83 bits per heavy atom. The molecule has 2 aliphatic rings. The molecule has 158 valence electrons. The molecule has 2 heterocycles. The molecule has 1 unspecified atom stereocenters. The Bertz CT molecular complexity index is 861. The molecule has 5 atom stereocenters. The summed E-state index contributed by atoms with van der Waals surface area (Å²) in [5.74, 6) is 0.567. The molecule has 2 saturated heterocycles. The minimum Gasteiger partial charge on any atom is -0.491 e. The van der Waals surface area contributed by atoms with Crippen LogP contribution < -0.4 is 4.74 Å². The van der Waals surface area contributed by atoms with Gasteiger partial charge < -0.3 is 19.7 Å². The highest BCUT2D eigenvalue weighted by Crippen LogP contribution is 2.46. The number of para-hydroxylation sites is 1. The van der Waals surface area contributed by atoms with Crippen LogP contribution in [0.15, 0.2) is 66.7 Å². The highest BCUT2D eigenvalue weighted by Gasteiger charge is 2.47. The van der Waals surface area contributed by atoms with Crippen LogP contribution in [0.2, 0.25) is 0 Å². The molecule has 2 fully saturated rings. The van der Waals surface area contributed by atoms with E-state index in [4.69, 9.17) is 14.6 Å². The molecule has 0 spiro atoms. The van der Waals surface area contributed by atoms with Crippen LogP contribution in [-0.4, -0.2) is 41.1 Å². The van der Waals surface area contributed by atoms with Gasteiger partial charge in [-0.3, -0.25) is 0 Å². The summed E-state index contributed by atoms with van der Waals surface area (Å²) in [4.78, 5) is 11.0. The van der Waals surface area contributed by atoms with Crippen molar-refractivity contribution in [2.24, 2.45) is 11.8 Å². The third kappa shape index (κ3) is 4.91. The van der Waals surface area contributed by atoms with Crippen molar-refractivity contribution in [3.8, 4) is 5.75 Å². The number of carboxylic acids is 1. The summed E-state index contributed by atoms with van der Waals surface area (Å²) in [7, 11) is 0. The van der Waals surface area contributed by atoms with Crippen molar-refractivity contribution >= 4 is 5.97 Å². The maximum absolute atomic E-state index is 11.0. The Balaban J connectivity index is 1.32. The number of ether oxygens (including phenoxy) is 2. The summed E-state index contributed by atoms with van der Waals surface area (Å²) in [6.45, 7) is 0.225. The number of aliphatic hydroxyl groups excluding tert-OH is 1. The fourth-order valence-electron chi connectivity index (χ4n) is 4.61. The Kier molecular flexibility index (Phi) is 6.50. The molecular weight excluding hydrogens is 380 g/mol. The van der Waals surface area contributed by atoms with Crippen LogP contribution in [0.1, 0.15) is 35.2 Å². The molecule has 2 aliphatic heterocycles. The second-order valence-electron chi connectivity index (χ2n) is 8.15. The van der Waals surface area contributed by atoms with Gasteiger partial charge in [-0.05, 0) is 61.4 Å². The van der Waals surface area contributed by atoms with E-state index in [1.54, 1.807) is 12.1 Å². The molecular formula is C25H28O5. The van der Waals surface area contributed by atoms with Crippen LogP contribution in [0.5, 0.6) is 5.75 Å². The predicted octanol–water partition coefficient (Wildman–Crippen LogP) is 4.11. The van der Waals surface area contributed by atoms with Crippen molar-refractivity contribution < 1.29 is 24.5 Å². The van der Waals surface area contributed by atoms with Crippen molar-refractivity contribution in [2.45, 2.75) is 44.0 Å².